The standard InChI is InChI=1S/C15H21N3O4/c1-10(2)8-12(15(16)21)18-14(20)9-17-13(19)6-5-11-4-3-7-22-11/h3-7,10,12H,8-9H2,1-2H3,(H2,16,21)(H,17,19)(H,18,20)/b6-5+. The van der Waals surface area contributed by atoms with Crippen molar-refractivity contribution < 1.29 is 18.8 Å². The van der Waals surface area contributed by atoms with E-state index in [1.165, 1.54) is 18.4 Å². The van der Waals surface area contributed by atoms with E-state index >= 15 is 0 Å². The van der Waals surface area contributed by atoms with Crippen LogP contribution in [0.25, 0.3) is 6.08 Å². The van der Waals surface area contributed by atoms with Crippen LogP contribution in [0.3, 0.4) is 0 Å². The van der Waals surface area contributed by atoms with Crippen LogP contribution in [0.1, 0.15) is 26.0 Å². The number of hydrogen-bond acceptors (Lipinski definition) is 4. The largest absolute Gasteiger partial charge is 0.465 e. The molecular weight excluding hydrogens is 286 g/mol. The molecule has 0 aliphatic carbocycles. The first-order chi connectivity index (χ1) is 10.4. The Balaban J connectivity index is 2.38. The highest BCUT2D eigenvalue weighted by atomic mass is 16.3. The average Bonchev–Trinajstić information content (AvgIpc) is 2.94. The molecule has 7 nitrogen and oxygen atoms in total. The van der Waals surface area contributed by atoms with E-state index in [-0.39, 0.29) is 12.5 Å². The number of carbonyl (C=O) groups is 3. The van der Waals surface area contributed by atoms with Gasteiger partial charge in [-0.1, -0.05) is 13.8 Å². The number of nitrogens with one attached hydrogen (secondary N) is 2. The third kappa shape index (κ3) is 6.74. The molecule has 0 aromatic carbocycles. The number of hydrogen-bond donors (Lipinski definition) is 3. The molecule has 0 radical (unpaired) electrons. The predicted molar refractivity (Wildman–Crippen MR) is 81.3 cm³/mol. The fourth-order valence-corrected chi connectivity index (χ4v) is 1.73. The molecule has 0 bridgehead atoms. The Morgan fingerprint density at radius 1 is 1.36 bits per heavy atom. The minimum Gasteiger partial charge on any atom is -0.465 e. The molecule has 1 aromatic rings. The molecule has 0 fully saturated rings. The van der Waals surface area contributed by atoms with Gasteiger partial charge in [-0.15, -0.1) is 0 Å². The van der Waals surface area contributed by atoms with E-state index in [1.807, 2.05) is 13.8 Å². The second-order valence-electron chi connectivity index (χ2n) is 5.22. The first-order valence-corrected chi connectivity index (χ1v) is 6.96. The number of amides is 3. The van der Waals surface area contributed by atoms with Gasteiger partial charge in [0.05, 0.1) is 12.8 Å². The van der Waals surface area contributed by atoms with Gasteiger partial charge in [-0.05, 0) is 30.5 Å². The molecule has 3 amide bonds. The number of nitrogens with two attached hydrogens (primary N) is 1. The van der Waals surface area contributed by atoms with E-state index in [2.05, 4.69) is 10.6 Å². The molecule has 22 heavy (non-hydrogen) atoms. The second-order valence-corrected chi connectivity index (χ2v) is 5.22. The van der Waals surface area contributed by atoms with E-state index in [9.17, 15) is 14.4 Å². The molecule has 0 saturated heterocycles. The van der Waals surface area contributed by atoms with E-state index in [4.69, 9.17) is 10.2 Å². The third-order valence-corrected chi connectivity index (χ3v) is 2.75. The number of carbonyl (C=O) groups excluding carboxylic acids is 3. The third-order valence-electron chi connectivity index (χ3n) is 2.75. The lowest BCUT2D eigenvalue weighted by Crippen LogP contribution is -2.48. The summed E-state index contributed by atoms with van der Waals surface area (Å²) in [6, 6.07) is 2.66. The van der Waals surface area contributed by atoms with Crippen molar-refractivity contribution in [3.63, 3.8) is 0 Å². The van der Waals surface area contributed by atoms with Crippen LogP contribution >= 0.6 is 0 Å². The van der Waals surface area contributed by atoms with Crippen molar-refractivity contribution in [2.75, 3.05) is 6.54 Å². The summed E-state index contributed by atoms with van der Waals surface area (Å²) >= 11 is 0. The summed E-state index contributed by atoms with van der Waals surface area (Å²) < 4.78 is 5.03. The maximum Gasteiger partial charge on any atom is 0.244 e. The Bertz CT molecular complexity index is 535. The zero-order chi connectivity index (χ0) is 16.5. The summed E-state index contributed by atoms with van der Waals surface area (Å²) in [5.74, 6) is -0.754. The monoisotopic (exact) mass is 307 g/mol. The lowest BCUT2D eigenvalue weighted by Gasteiger charge is -2.17. The van der Waals surface area contributed by atoms with Gasteiger partial charge in [0.15, 0.2) is 0 Å². The fourth-order valence-electron chi connectivity index (χ4n) is 1.73. The zero-order valence-corrected chi connectivity index (χ0v) is 12.7. The number of primary amides is 1. The van der Waals surface area contributed by atoms with Crippen LogP contribution in [-0.4, -0.2) is 30.3 Å². The SMILES string of the molecule is CC(C)CC(NC(=O)CNC(=O)/C=C/c1ccco1)C(N)=O. The Morgan fingerprint density at radius 2 is 2.09 bits per heavy atom. The van der Waals surface area contributed by atoms with Crippen LogP contribution in [0, 0.1) is 5.92 Å². The van der Waals surface area contributed by atoms with Gasteiger partial charge in [-0.3, -0.25) is 14.4 Å². The van der Waals surface area contributed by atoms with Gasteiger partial charge >= 0.3 is 0 Å². The van der Waals surface area contributed by atoms with E-state index < -0.39 is 23.8 Å². The quantitative estimate of drug-likeness (QED) is 0.604. The maximum atomic E-state index is 11.7. The molecular formula is C15H21N3O4. The van der Waals surface area contributed by atoms with Crippen LogP contribution in [0.2, 0.25) is 0 Å². The van der Waals surface area contributed by atoms with Crippen molar-refractivity contribution in [2.24, 2.45) is 11.7 Å². The molecule has 1 atom stereocenters. The maximum absolute atomic E-state index is 11.7. The highest BCUT2D eigenvalue weighted by Gasteiger charge is 2.19. The van der Waals surface area contributed by atoms with Crippen molar-refractivity contribution in [2.45, 2.75) is 26.3 Å². The molecule has 0 spiro atoms. The minimum atomic E-state index is -0.733. The summed E-state index contributed by atoms with van der Waals surface area (Å²) in [6.45, 7) is 3.61. The van der Waals surface area contributed by atoms with Crippen LogP contribution in [-0.2, 0) is 14.4 Å². The van der Waals surface area contributed by atoms with Crippen LogP contribution in [0.15, 0.2) is 28.9 Å². The van der Waals surface area contributed by atoms with Gasteiger partial charge in [-0.25, -0.2) is 0 Å². The average molecular weight is 307 g/mol. The first kappa shape index (κ1) is 17.5. The highest BCUT2D eigenvalue weighted by Crippen LogP contribution is 2.04. The minimum absolute atomic E-state index is 0.212. The Hall–Kier alpha value is -2.57. The van der Waals surface area contributed by atoms with Gasteiger partial charge in [-0.2, -0.15) is 0 Å². The summed E-state index contributed by atoms with van der Waals surface area (Å²) in [6.07, 6.45) is 4.68. The van der Waals surface area contributed by atoms with Crippen molar-refractivity contribution >= 4 is 23.8 Å². The first-order valence-electron chi connectivity index (χ1n) is 6.96. The molecule has 7 heteroatoms. The molecule has 0 aliphatic heterocycles. The Kier molecular flexibility index (Phi) is 6.88. The van der Waals surface area contributed by atoms with E-state index in [1.54, 1.807) is 12.1 Å². The topological polar surface area (TPSA) is 114 Å². The predicted octanol–water partition coefficient (Wildman–Crippen LogP) is 0.425. The van der Waals surface area contributed by atoms with Gasteiger partial charge in [0, 0.05) is 6.08 Å². The van der Waals surface area contributed by atoms with Gasteiger partial charge in [0.25, 0.3) is 0 Å². The molecule has 0 aliphatic rings. The molecule has 0 saturated carbocycles. The lowest BCUT2D eigenvalue weighted by atomic mass is 10.0. The molecule has 120 valence electrons. The summed E-state index contributed by atoms with van der Waals surface area (Å²) in [4.78, 5) is 34.5. The van der Waals surface area contributed by atoms with E-state index in [0.29, 0.717) is 12.2 Å². The normalized spacial score (nSPS) is 12.3. The van der Waals surface area contributed by atoms with E-state index in [0.717, 1.165) is 0 Å². The zero-order valence-electron chi connectivity index (χ0n) is 12.7. The van der Waals surface area contributed by atoms with Crippen molar-refractivity contribution in [1.29, 1.82) is 0 Å². The van der Waals surface area contributed by atoms with Crippen LogP contribution in [0.5, 0.6) is 0 Å². The number of rotatable bonds is 8. The van der Waals surface area contributed by atoms with Gasteiger partial charge in [0.1, 0.15) is 11.8 Å². The van der Waals surface area contributed by atoms with Gasteiger partial charge in [0.2, 0.25) is 17.7 Å². The summed E-state index contributed by atoms with van der Waals surface area (Å²) in [5.41, 5.74) is 5.23. The summed E-state index contributed by atoms with van der Waals surface area (Å²) in [5, 5.41) is 4.91. The van der Waals surface area contributed by atoms with Crippen LogP contribution < -0.4 is 16.4 Å². The molecule has 1 rings (SSSR count). The summed E-state index contributed by atoms with van der Waals surface area (Å²) in [7, 11) is 0. The molecule has 1 heterocycles. The van der Waals surface area contributed by atoms with Crippen molar-refractivity contribution in [3.05, 3.63) is 30.2 Å². The fraction of sp³-hybridized carbons (Fsp3) is 0.400. The second kappa shape index (κ2) is 8.66. The number of furan rings is 1. The van der Waals surface area contributed by atoms with Crippen LogP contribution in [0.4, 0.5) is 0 Å². The Labute approximate surface area is 128 Å². The highest BCUT2D eigenvalue weighted by molar-refractivity contribution is 5.94. The molecule has 1 aromatic heterocycles. The smallest absolute Gasteiger partial charge is 0.244 e. The van der Waals surface area contributed by atoms with Crippen molar-refractivity contribution in [3.8, 4) is 0 Å². The molecule has 1 unspecified atom stereocenters. The lowest BCUT2D eigenvalue weighted by molar-refractivity contribution is -0.128. The Morgan fingerprint density at radius 3 is 2.64 bits per heavy atom. The van der Waals surface area contributed by atoms with Gasteiger partial charge < -0.3 is 20.8 Å². The molecule has 4 N–H and O–H groups in total. The van der Waals surface area contributed by atoms with Crippen molar-refractivity contribution in [1.82, 2.24) is 10.6 Å².